The summed E-state index contributed by atoms with van der Waals surface area (Å²) >= 11 is 3.63. The second kappa shape index (κ2) is 6.55. The second-order valence-electron chi connectivity index (χ2n) is 5.97. The number of likely N-dealkylation sites (N-methyl/N-ethyl adjacent to an activating group) is 1. The van der Waals surface area contributed by atoms with E-state index in [4.69, 9.17) is 15.2 Å². The van der Waals surface area contributed by atoms with Gasteiger partial charge in [0.1, 0.15) is 0 Å². The molecule has 116 valence electrons. The molecule has 0 aromatic heterocycles. The van der Waals surface area contributed by atoms with Crippen LogP contribution in [-0.4, -0.2) is 37.7 Å². The quantitative estimate of drug-likeness (QED) is 0.841. The Kier molecular flexibility index (Phi) is 4.72. The summed E-state index contributed by atoms with van der Waals surface area (Å²) in [7, 11) is 2.16. The maximum absolute atomic E-state index is 6.43. The van der Waals surface area contributed by atoms with Crippen LogP contribution < -0.4 is 15.2 Å². The highest BCUT2D eigenvalue weighted by atomic mass is 79.9. The van der Waals surface area contributed by atoms with Crippen molar-refractivity contribution in [3.8, 4) is 11.5 Å². The molecule has 0 bridgehead atoms. The third kappa shape index (κ3) is 3.20. The van der Waals surface area contributed by atoms with Crippen LogP contribution in [0.1, 0.15) is 37.3 Å². The minimum Gasteiger partial charge on any atom is -0.490 e. The highest BCUT2D eigenvalue weighted by Gasteiger charge is 2.28. The molecule has 2 aliphatic rings. The first-order valence-corrected chi connectivity index (χ1v) is 8.51. The predicted octanol–water partition coefficient (Wildman–Crippen LogP) is 3.09. The molecule has 2 atom stereocenters. The third-order valence-corrected chi connectivity index (χ3v) is 4.93. The van der Waals surface area contributed by atoms with Gasteiger partial charge in [-0.25, -0.2) is 0 Å². The van der Waals surface area contributed by atoms with Crippen molar-refractivity contribution in [3.63, 3.8) is 0 Å². The molecule has 0 amide bonds. The van der Waals surface area contributed by atoms with Gasteiger partial charge in [0.05, 0.1) is 17.7 Å². The smallest absolute Gasteiger partial charge is 0.175 e. The van der Waals surface area contributed by atoms with Crippen molar-refractivity contribution in [1.82, 2.24) is 4.90 Å². The van der Waals surface area contributed by atoms with Crippen LogP contribution in [0.15, 0.2) is 16.6 Å². The molecule has 0 saturated carbocycles. The third-order valence-electron chi connectivity index (χ3n) is 4.34. The van der Waals surface area contributed by atoms with E-state index in [1.54, 1.807) is 0 Å². The molecule has 1 saturated heterocycles. The first-order valence-electron chi connectivity index (χ1n) is 7.71. The van der Waals surface area contributed by atoms with Crippen LogP contribution in [0.3, 0.4) is 0 Å². The number of fused-ring (bicyclic) bond motifs is 1. The number of likely N-dealkylation sites (tertiary alicyclic amines) is 1. The first-order chi connectivity index (χ1) is 10.2. The Balaban J connectivity index is 1.97. The largest absolute Gasteiger partial charge is 0.490 e. The molecule has 1 fully saturated rings. The monoisotopic (exact) mass is 354 g/mol. The van der Waals surface area contributed by atoms with Crippen LogP contribution in [0.2, 0.25) is 0 Å². The van der Waals surface area contributed by atoms with Crippen molar-refractivity contribution in [2.45, 2.75) is 37.8 Å². The number of nitrogens with two attached hydrogens (primary N) is 1. The summed E-state index contributed by atoms with van der Waals surface area (Å²) in [5, 5.41) is 0. The molecule has 2 aliphatic heterocycles. The topological polar surface area (TPSA) is 47.7 Å². The summed E-state index contributed by atoms with van der Waals surface area (Å²) in [6, 6.07) is 4.65. The number of hydrogen-bond donors (Lipinski definition) is 1. The molecule has 4 nitrogen and oxygen atoms in total. The zero-order chi connectivity index (χ0) is 14.8. The van der Waals surface area contributed by atoms with E-state index in [1.165, 1.54) is 18.4 Å². The van der Waals surface area contributed by atoms with Gasteiger partial charge >= 0.3 is 0 Å². The van der Waals surface area contributed by atoms with Crippen molar-refractivity contribution in [2.24, 2.45) is 5.73 Å². The van der Waals surface area contributed by atoms with Gasteiger partial charge in [0.15, 0.2) is 11.5 Å². The van der Waals surface area contributed by atoms with Gasteiger partial charge in [-0.15, -0.1) is 0 Å². The van der Waals surface area contributed by atoms with E-state index in [0.29, 0.717) is 13.2 Å². The average molecular weight is 355 g/mol. The van der Waals surface area contributed by atoms with Gasteiger partial charge in [-0.2, -0.15) is 0 Å². The van der Waals surface area contributed by atoms with Crippen LogP contribution in [0.25, 0.3) is 0 Å². The van der Waals surface area contributed by atoms with Crippen LogP contribution in [-0.2, 0) is 0 Å². The van der Waals surface area contributed by atoms with E-state index in [9.17, 15) is 0 Å². The molecule has 1 aromatic carbocycles. The lowest BCUT2D eigenvalue weighted by atomic mass is 9.96. The summed E-state index contributed by atoms with van der Waals surface area (Å²) in [6.07, 6.45) is 4.40. The van der Waals surface area contributed by atoms with E-state index in [2.05, 4.69) is 40.0 Å². The van der Waals surface area contributed by atoms with Gasteiger partial charge in [-0.1, -0.05) is 6.42 Å². The molecule has 2 unspecified atom stereocenters. The van der Waals surface area contributed by atoms with Crippen LogP contribution in [0.4, 0.5) is 0 Å². The van der Waals surface area contributed by atoms with Gasteiger partial charge < -0.3 is 15.2 Å². The molecule has 3 rings (SSSR count). The van der Waals surface area contributed by atoms with Gasteiger partial charge in [0.25, 0.3) is 0 Å². The molecule has 1 aromatic rings. The number of benzene rings is 1. The molecular formula is C16H23BrN2O2. The van der Waals surface area contributed by atoms with Crippen molar-refractivity contribution in [3.05, 3.63) is 22.2 Å². The molecule has 0 aliphatic carbocycles. The Bertz CT molecular complexity index is 497. The van der Waals surface area contributed by atoms with Crippen molar-refractivity contribution in [2.75, 3.05) is 26.8 Å². The van der Waals surface area contributed by atoms with E-state index < -0.39 is 0 Å². The summed E-state index contributed by atoms with van der Waals surface area (Å²) in [5.74, 6) is 1.66. The van der Waals surface area contributed by atoms with Crippen molar-refractivity contribution in [1.29, 1.82) is 0 Å². The highest BCUT2D eigenvalue weighted by Crippen LogP contribution is 2.41. The van der Waals surface area contributed by atoms with Gasteiger partial charge in [-0.05, 0) is 60.1 Å². The molecule has 0 radical (unpaired) electrons. The van der Waals surface area contributed by atoms with Gasteiger partial charge in [0.2, 0.25) is 0 Å². The zero-order valence-corrected chi connectivity index (χ0v) is 14.1. The summed E-state index contributed by atoms with van der Waals surface area (Å²) in [6.45, 7) is 2.49. The van der Waals surface area contributed by atoms with Crippen molar-refractivity contribution >= 4 is 15.9 Å². The standard InChI is InChI=1S/C16H23BrN2O2/c1-19-6-3-2-5-13(18)15(19)11-9-12(17)16-14(10-11)20-7-4-8-21-16/h9-10,13,15H,2-8,18H2,1H3. The summed E-state index contributed by atoms with van der Waals surface area (Å²) in [5.41, 5.74) is 7.64. The maximum Gasteiger partial charge on any atom is 0.175 e. The Labute approximate surface area is 134 Å². The maximum atomic E-state index is 6.43. The minimum absolute atomic E-state index is 0.161. The summed E-state index contributed by atoms with van der Waals surface area (Å²) < 4.78 is 12.6. The Hall–Kier alpha value is -0.780. The fourth-order valence-corrected chi connectivity index (χ4v) is 3.86. The molecule has 2 heterocycles. The molecule has 21 heavy (non-hydrogen) atoms. The second-order valence-corrected chi connectivity index (χ2v) is 6.82. The minimum atomic E-state index is 0.161. The number of nitrogens with zero attached hydrogens (tertiary/aromatic N) is 1. The highest BCUT2D eigenvalue weighted by molar-refractivity contribution is 9.10. The van der Waals surface area contributed by atoms with Crippen LogP contribution in [0.5, 0.6) is 11.5 Å². The van der Waals surface area contributed by atoms with Crippen LogP contribution in [0, 0.1) is 0 Å². The fraction of sp³-hybridized carbons (Fsp3) is 0.625. The number of ether oxygens (including phenoxy) is 2. The predicted molar refractivity (Wildman–Crippen MR) is 86.9 cm³/mol. The molecular weight excluding hydrogens is 332 g/mol. The van der Waals surface area contributed by atoms with Gasteiger partial charge in [-0.3, -0.25) is 4.90 Å². The normalized spacial score (nSPS) is 27.0. The number of hydrogen-bond acceptors (Lipinski definition) is 4. The number of rotatable bonds is 1. The first kappa shape index (κ1) is 15.1. The Morgan fingerprint density at radius 3 is 2.86 bits per heavy atom. The van der Waals surface area contributed by atoms with E-state index in [0.717, 1.165) is 35.4 Å². The summed E-state index contributed by atoms with van der Waals surface area (Å²) in [4.78, 5) is 2.36. The lowest BCUT2D eigenvalue weighted by Gasteiger charge is -2.31. The Morgan fingerprint density at radius 2 is 2.00 bits per heavy atom. The average Bonchev–Trinajstić information content (AvgIpc) is 2.77. The SMILES string of the molecule is CN1CCCCC(N)C1c1cc(Br)c2c(c1)OCCCO2. The lowest BCUT2D eigenvalue weighted by Crippen LogP contribution is -2.37. The van der Waals surface area contributed by atoms with Crippen molar-refractivity contribution < 1.29 is 9.47 Å². The molecule has 0 spiro atoms. The van der Waals surface area contributed by atoms with E-state index in [-0.39, 0.29) is 12.1 Å². The Morgan fingerprint density at radius 1 is 1.19 bits per heavy atom. The van der Waals surface area contributed by atoms with Crippen LogP contribution >= 0.6 is 15.9 Å². The molecule has 2 N–H and O–H groups in total. The zero-order valence-electron chi connectivity index (χ0n) is 12.5. The van der Waals surface area contributed by atoms with Gasteiger partial charge in [0, 0.05) is 18.5 Å². The number of halogens is 1. The fourth-order valence-electron chi connectivity index (χ4n) is 3.29. The lowest BCUT2D eigenvalue weighted by molar-refractivity contribution is 0.229. The molecule has 5 heteroatoms. The van der Waals surface area contributed by atoms with E-state index in [1.807, 2.05) is 0 Å². The van der Waals surface area contributed by atoms with E-state index >= 15 is 0 Å².